The zero-order valence-corrected chi connectivity index (χ0v) is 14.5. The van der Waals surface area contributed by atoms with Gasteiger partial charge in [-0.3, -0.25) is 9.69 Å². The largest absolute Gasteiger partial charge is 0.381 e. The molecule has 6 heteroatoms. The van der Waals surface area contributed by atoms with Crippen molar-refractivity contribution in [3.8, 4) is 0 Å². The molecule has 0 radical (unpaired) electrons. The van der Waals surface area contributed by atoms with Crippen LogP contribution in [0.5, 0.6) is 0 Å². The third kappa shape index (κ3) is 3.39. The first kappa shape index (κ1) is 16.0. The number of Topliss-reactive ketones (excluding diaryl/α,β-unsaturated/α-hetero) is 1. The number of aromatic nitrogens is 2. The van der Waals surface area contributed by atoms with Gasteiger partial charge in [-0.05, 0) is 19.3 Å². The lowest BCUT2D eigenvalue weighted by molar-refractivity contribution is -0.131. The number of hydrogen-bond acceptors (Lipinski definition) is 6. The predicted molar refractivity (Wildman–Crippen MR) is 86.3 cm³/mol. The minimum atomic E-state index is 0.00354. The van der Waals surface area contributed by atoms with Crippen LogP contribution in [0, 0.1) is 0 Å². The third-order valence-corrected chi connectivity index (χ3v) is 5.88. The number of likely N-dealkylation sites (tertiary alicyclic amines) is 1. The SMILES string of the molecule is CC(C)(C)c1nnc(CC(=O)[C@@H]2CCN2C2CCOCC2)s1. The molecule has 3 heterocycles. The molecule has 0 unspecified atom stereocenters. The summed E-state index contributed by atoms with van der Waals surface area (Å²) in [5.41, 5.74) is 0.00354. The van der Waals surface area contributed by atoms with Crippen LogP contribution in [0.1, 0.15) is 50.0 Å². The molecule has 1 aromatic rings. The van der Waals surface area contributed by atoms with Gasteiger partial charge in [-0.25, -0.2) is 0 Å². The Balaban J connectivity index is 1.58. The molecule has 5 nitrogen and oxygen atoms in total. The van der Waals surface area contributed by atoms with Gasteiger partial charge >= 0.3 is 0 Å². The van der Waals surface area contributed by atoms with Crippen LogP contribution >= 0.6 is 11.3 Å². The Hall–Kier alpha value is -0.850. The van der Waals surface area contributed by atoms with Crippen LogP contribution < -0.4 is 0 Å². The van der Waals surface area contributed by atoms with E-state index in [4.69, 9.17) is 4.74 Å². The smallest absolute Gasteiger partial charge is 0.156 e. The van der Waals surface area contributed by atoms with Crippen LogP contribution in [0.15, 0.2) is 0 Å². The first-order valence-electron chi connectivity index (χ1n) is 8.14. The summed E-state index contributed by atoms with van der Waals surface area (Å²) in [6.45, 7) is 9.07. The maximum atomic E-state index is 12.6. The van der Waals surface area contributed by atoms with Gasteiger partial charge in [0.25, 0.3) is 0 Å². The van der Waals surface area contributed by atoms with E-state index in [2.05, 4.69) is 35.9 Å². The predicted octanol–water partition coefficient (Wildman–Crippen LogP) is 2.20. The maximum absolute atomic E-state index is 12.6. The molecular weight excluding hydrogens is 298 g/mol. The van der Waals surface area contributed by atoms with Gasteiger partial charge in [0.2, 0.25) is 0 Å². The van der Waals surface area contributed by atoms with Gasteiger partial charge in [-0.15, -0.1) is 21.5 Å². The summed E-state index contributed by atoms with van der Waals surface area (Å²) in [4.78, 5) is 14.9. The van der Waals surface area contributed by atoms with E-state index in [1.54, 1.807) is 11.3 Å². The van der Waals surface area contributed by atoms with Crippen LogP contribution in [0.2, 0.25) is 0 Å². The highest BCUT2D eigenvalue weighted by Gasteiger charge is 2.39. The average molecular weight is 323 g/mol. The summed E-state index contributed by atoms with van der Waals surface area (Å²) >= 11 is 1.58. The van der Waals surface area contributed by atoms with E-state index in [0.717, 1.165) is 49.0 Å². The first-order valence-corrected chi connectivity index (χ1v) is 8.96. The van der Waals surface area contributed by atoms with Crippen molar-refractivity contribution in [1.29, 1.82) is 0 Å². The molecule has 0 N–H and O–H groups in total. The minimum absolute atomic E-state index is 0.00354. The van der Waals surface area contributed by atoms with Gasteiger partial charge in [0.05, 0.1) is 12.5 Å². The lowest BCUT2D eigenvalue weighted by Crippen LogP contribution is -2.58. The number of rotatable bonds is 4. The van der Waals surface area contributed by atoms with Gasteiger partial charge < -0.3 is 4.74 Å². The molecule has 0 spiro atoms. The fourth-order valence-electron chi connectivity index (χ4n) is 3.10. The topological polar surface area (TPSA) is 55.3 Å². The Morgan fingerprint density at radius 3 is 2.55 bits per heavy atom. The highest BCUT2D eigenvalue weighted by Crippen LogP contribution is 2.29. The van der Waals surface area contributed by atoms with E-state index in [1.165, 1.54) is 0 Å². The molecule has 1 atom stereocenters. The molecule has 2 aliphatic rings. The van der Waals surface area contributed by atoms with E-state index in [-0.39, 0.29) is 11.5 Å². The van der Waals surface area contributed by atoms with Gasteiger partial charge in [-0.2, -0.15) is 0 Å². The lowest BCUT2D eigenvalue weighted by atomic mass is 9.91. The van der Waals surface area contributed by atoms with E-state index < -0.39 is 0 Å². The molecule has 0 aromatic carbocycles. The number of ether oxygens (including phenoxy) is 1. The van der Waals surface area contributed by atoms with Crippen molar-refractivity contribution >= 4 is 17.1 Å². The number of carbonyl (C=O) groups excluding carboxylic acids is 1. The minimum Gasteiger partial charge on any atom is -0.381 e. The molecule has 0 saturated carbocycles. The molecule has 0 amide bonds. The van der Waals surface area contributed by atoms with Crippen LogP contribution in [-0.2, 0) is 21.4 Å². The summed E-state index contributed by atoms with van der Waals surface area (Å²) in [5, 5.41) is 10.3. The first-order chi connectivity index (χ1) is 10.4. The Morgan fingerprint density at radius 2 is 2.00 bits per heavy atom. The van der Waals surface area contributed by atoms with E-state index in [1.807, 2.05) is 0 Å². The van der Waals surface area contributed by atoms with Crippen molar-refractivity contribution in [2.24, 2.45) is 0 Å². The summed E-state index contributed by atoms with van der Waals surface area (Å²) in [7, 11) is 0. The maximum Gasteiger partial charge on any atom is 0.156 e. The molecule has 3 rings (SSSR count). The van der Waals surface area contributed by atoms with Crippen molar-refractivity contribution in [3.05, 3.63) is 10.0 Å². The Labute approximate surface area is 136 Å². The highest BCUT2D eigenvalue weighted by atomic mass is 32.1. The third-order valence-electron chi connectivity index (χ3n) is 4.53. The van der Waals surface area contributed by atoms with Gasteiger partial charge in [-0.1, -0.05) is 20.8 Å². The Morgan fingerprint density at radius 1 is 1.27 bits per heavy atom. The Kier molecular flexibility index (Phi) is 4.61. The van der Waals surface area contributed by atoms with Crippen LogP contribution in [-0.4, -0.2) is 52.7 Å². The van der Waals surface area contributed by atoms with Crippen LogP contribution in [0.3, 0.4) is 0 Å². The zero-order valence-electron chi connectivity index (χ0n) is 13.7. The fraction of sp³-hybridized carbons (Fsp3) is 0.812. The fourth-order valence-corrected chi connectivity index (χ4v) is 4.01. The second-order valence-electron chi connectivity index (χ2n) is 7.28. The molecule has 2 aliphatic heterocycles. The molecule has 1 aromatic heterocycles. The van der Waals surface area contributed by atoms with Crippen LogP contribution in [0.25, 0.3) is 0 Å². The quantitative estimate of drug-likeness (QED) is 0.850. The number of nitrogens with zero attached hydrogens (tertiary/aromatic N) is 3. The Bertz CT molecular complexity index is 532. The zero-order chi connectivity index (χ0) is 15.7. The van der Waals surface area contributed by atoms with Crippen molar-refractivity contribution in [2.45, 2.75) is 64.0 Å². The second kappa shape index (κ2) is 6.34. The summed E-state index contributed by atoms with van der Waals surface area (Å²) in [5.74, 6) is 0.300. The second-order valence-corrected chi connectivity index (χ2v) is 8.34. The summed E-state index contributed by atoms with van der Waals surface area (Å²) in [6, 6.07) is 0.612. The van der Waals surface area contributed by atoms with Crippen molar-refractivity contribution in [3.63, 3.8) is 0 Å². The molecule has 2 fully saturated rings. The standard InChI is InChI=1S/C16H25N3O2S/c1-16(2,3)15-18-17-14(22-15)10-13(20)12-4-7-19(12)11-5-8-21-9-6-11/h11-12H,4-10H2,1-3H3/t12-/m0/s1. The molecule has 0 bridgehead atoms. The average Bonchev–Trinajstić information content (AvgIpc) is 2.87. The van der Waals surface area contributed by atoms with Gasteiger partial charge in [0, 0.05) is 31.2 Å². The normalized spacial score (nSPS) is 24.2. The number of hydrogen-bond donors (Lipinski definition) is 0. The van der Waals surface area contributed by atoms with Crippen molar-refractivity contribution in [2.75, 3.05) is 19.8 Å². The number of ketones is 1. The molecular formula is C16H25N3O2S. The van der Waals surface area contributed by atoms with E-state index >= 15 is 0 Å². The van der Waals surface area contributed by atoms with Gasteiger partial charge in [0.15, 0.2) is 5.78 Å². The lowest BCUT2D eigenvalue weighted by Gasteiger charge is -2.46. The number of carbonyl (C=O) groups is 1. The molecule has 0 aliphatic carbocycles. The summed E-state index contributed by atoms with van der Waals surface area (Å²) in [6.07, 6.45) is 3.52. The van der Waals surface area contributed by atoms with Crippen LogP contribution in [0.4, 0.5) is 0 Å². The molecule has 22 heavy (non-hydrogen) atoms. The van der Waals surface area contributed by atoms with E-state index in [9.17, 15) is 4.79 Å². The summed E-state index contributed by atoms with van der Waals surface area (Å²) < 4.78 is 5.42. The molecule has 122 valence electrons. The van der Waals surface area contributed by atoms with Gasteiger partial charge in [0.1, 0.15) is 10.0 Å². The monoisotopic (exact) mass is 323 g/mol. The van der Waals surface area contributed by atoms with E-state index in [0.29, 0.717) is 18.2 Å². The van der Waals surface area contributed by atoms with Crippen molar-refractivity contribution in [1.82, 2.24) is 15.1 Å². The highest BCUT2D eigenvalue weighted by molar-refractivity contribution is 7.11. The molecule has 2 saturated heterocycles. The van der Waals surface area contributed by atoms with Crippen molar-refractivity contribution < 1.29 is 9.53 Å².